The summed E-state index contributed by atoms with van der Waals surface area (Å²) in [5, 5.41) is 18.2. The lowest BCUT2D eigenvalue weighted by molar-refractivity contribution is -0.0395. The molecular weight excluding hydrogens is 236 g/mol. The van der Waals surface area contributed by atoms with Gasteiger partial charge >= 0.3 is 0 Å². The van der Waals surface area contributed by atoms with Crippen molar-refractivity contribution in [3.63, 3.8) is 0 Å². The Morgan fingerprint density at radius 2 is 2.06 bits per heavy atom. The zero-order valence-corrected chi connectivity index (χ0v) is 9.91. The topological polar surface area (TPSA) is 49.7 Å². The molecule has 0 bridgehead atoms. The lowest BCUT2D eigenvalue weighted by Gasteiger charge is -2.05. The van der Waals surface area contributed by atoms with Gasteiger partial charge in [-0.15, -0.1) is 11.3 Å². The summed E-state index contributed by atoms with van der Waals surface area (Å²) in [6.07, 6.45) is -0.448. The maximum atomic E-state index is 9.11. The maximum absolute atomic E-state index is 9.11. The smallest absolute Gasteiger partial charge is 0.188 e. The molecule has 1 aliphatic heterocycles. The third-order valence-electron chi connectivity index (χ3n) is 2.86. The lowest BCUT2D eigenvalue weighted by atomic mass is 10.1. The Bertz CT molecular complexity index is 545. The van der Waals surface area contributed by atoms with Crippen LogP contribution in [0.2, 0.25) is 0 Å². The molecule has 1 aromatic carbocycles. The van der Waals surface area contributed by atoms with Crippen LogP contribution in [0.1, 0.15) is 16.7 Å². The van der Waals surface area contributed by atoms with Crippen LogP contribution < -0.4 is 4.74 Å². The van der Waals surface area contributed by atoms with Crippen LogP contribution in [0.3, 0.4) is 0 Å². The van der Waals surface area contributed by atoms with Gasteiger partial charge < -0.3 is 14.9 Å². The molecule has 1 aliphatic rings. The number of fused-ring (bicyclic) bond motifs is 1. The standard InChI is InChI=1S/C13H12O3S/c14-13(15)11-5-4-10(17-11)9-3-1-2-8-6-7-16-12(8)9/h1-5,13-15H,6-7H2. The molecule has 17 heavy (non-hydrogen) atoms. The number of hydrogen-bond donors (Lipinski definition) is 2. The van der Waals surface area contributed by atoms with E-state index in [-0.39, 0.29) is 0 Å². The Morgan fingerprint density at radius 1 is 1.18 bits per heavy atom. The molecular formula is C13H12O3S. The summed E-state index contributed by atoms with van der Waals surface area (Å²) in [6.45, 7) is 0.729. The predicted molar refractivity (Wildman–Crippen MR) is 66.1 cm³/mol. The molecule has 4 heteroatoms. The van der Waals surface area contributed by atoms with Gasteiger partial charge in [-0.1, -0.05) is 12.1 Å². The number of benzene rings is 1. The molecule has 3 rings (SSSR count). The van der Waals surface area contributed by atoms with Gasteiger partial charge in [0.1, 0.15) is 5.75 Å². The Hall–Kier alpha value is -1.36. The number of hydrogen-bond acceptors (Lipinski definition) is 4. The minimum Gasteiger partial charge on any atom is -0.492 e. The Balaban J connectivity index is 2.06. The number of ether oxygens (including phenoxy) is 1. The van der Waals surface area contributed by atoms with E-state index >= 15 is 0 Å². The van der Waals surface area contributed by atoms with E-state index in [2.05, 4.69) is 6.07 Å². The second kappa shape index (κ2) is 4.14. The number of para-hydroxylation sites is 1. The zero-order valence-electron chi connectivity index (χ0n) is 9.09. The number of thiophene rings is 1. The fraction of sp³-hybridized carbons (Fsp3) is 0.231. The highest BCUT2D eigenvalue weighted by Gasteiger charge is 2.18. The van der Waals surface area contributed by atoms with E-state index in [1.54, 1.807) is 6.07 Å². The van der Waals surface area contributed by atoms with Gasteiger partial charge in [-0.2, -0.15) is 0 Å². The summed E-state index contributed by atoms with van der Waals surface area (Å²) in [5.74, 6) is 0.938. The summed E-state index contributed by atoms with van der Waals surface area (Å²) in [7, 11) is 0. The number of rotatable bonds is 2. The molecule has 0 spiro atoms. The van der Waals surface area contributed by atoms with Crippen molar-refractivity contribution >= 4 is 11.3 Å². The average Bonchev–Trinajstić information content (AvgIpc) is 2.97. The molecule has 2 aromatic rings. The van der Waals surface area contributed by atoms with Crippen molar-refractivity contribution in [2.75, 3.05) is 6.61 Å². The number of aliphatic hydroxyl groups excluding tert-OH is 1. The largest absolute Gasteiger partial charge is 0.492 e. The van der Waals surface area contributed by atoms with E-state index < -0.39 is 6.29 Å². The van der Waals surface area contributed by atoms with Crippen LogP contribution in [-0.4, -0.2) is 16.8 Å². The van der Waals surface area contributed by atoms with Gasteiger partial charge in [0.2, 0.25) is 0 Å². The minimum atomic E-state index is -1.40. The molecule has 2 N–H and O–H groups in total. The van der Waals surface area contributed by atoms with Crippen molar-refractivity contribution in [2.45, 2.75) is 12.7 Å². The summed E-state index contributed by atoms with van der Waals surface area (Å²) in [6, 6.07) is 9.72. The second-order valence-electron chi connectivity index (χ2n) is 3.97. The normalized spacial score (nSPS) is 13.8. The SMILES string of the molecule is OC(O)c1ccc(-c2cccc3c2OCC3)s1. The monoisotopic (exact) mass is 248 g/mol. The van der Waals surface area contributed by atoms with Crippen LogP contribution in [-0.2, 0) is 6.42 Å². The van der Waals surface area contributed by atoms with Crippen molar-refractivity contribution in [2.24, 2.45) is 0 Å². The summed E-state index contributed by atoms with van der Waals surface area (Å²) < 4.78 is 5.64. The third-order valence-corrected chi connectivity index (χ3v) is 4.02. The molecule has 0 unspecified atom stereocenters. The van der Waals surface area contributed by atoms with E-state index in [4.69, 9.17) is 14.9 Å². The molecule has 0 radical (unpaired) electrons. The summed E-state index contributed by atoms with van der Waals surface area (Å²) >= 11 is 1.38. The molecule has 0 amide bonds. The van der Waals surface area contributed by atoms with Gasteiger partial charge in [0.25, 0.3) is 0 Å². The lowest BCUT2D eigenvalue weighted by Crippen LogP contribution is -1.89. The molecule has 1 aromatic heterocycles. The van der Waals surface area contributed by atoms with Crippen LogP contribution in [0.15, 0.2) is 30.3 Å². The van der Waals surface area contributed by atoms with Crippen LogP contribution >= 0.6 is 11.3 Å². The van der Waals surface area contributed by atoms with E-state index in [0.717, 1.165) is 29.2 Å². The van der Waals surface area contributed by atoms with Crippen LogP contribution in [0, 0.1) is 0 Å². The molecule has 88 valence electrons. The van der Waals surface area contributed by atoms with Gasteiger partial charge in [0, 0.05) is 16.9 Å². The fourth-order valence-corrected chi connectivity index (χ4v) is 2.95. The Kier molecular flexibility index (Phi) is 2.63. The van der Waals surface area contributed by atoms with Gasteiger partial charge in [0.15, 0.2) is 6.29 Å². The molecule has 0 saturated carbocycles. The van der Waals surface area contributed by atoms with Crippen molar-refractivity contribution < 1.29 is 14.9 Å². The van der Waals surface area contributed by atoms with E-state index in [9.17, 15) is 0 Å². The van der Waals surface area contributed by atoms with E-state index in [0.29, 0.717) is 4.88 Å². The van der Waals surface area contributed by atoms with Crippen LogP contribution in [0.5, 0.6) is 5.75 Å². The zero-order chi connectivity index (χ0) is 11.8. The highest BCUT2D eigenvalue weighted by Crippen LogP contribution is 2.40. The van der Waals surface area contributed by atoms with E-state index in [1.165, 1.54) is 16.9 Å². The highest BCUT2D eigenvalue weighted by atomic mass is 32.1. The maximum Gasteiger partial charge on any atom is 0.188 e. The van der Waals surface area contributed by atoms with Crippen molar-refractivity contribution in [3.8, 4) is 16.2 Å². The van der Waals surface area contributed by atoms with Crippen LogP contribution in [0.25, 0.3) is 10.4 Å². The quantitative estimate of drug-likeness (QED) is 0.802. The molecule has 0 aliphatic carbocycles. The first-order valence-corrected chi connectivity index (χ1v) is 6.28. The van der Waals surface area contributed by atoms with Gasteiger partial charge in [-0.05, 0) is 23.8 Å². The first-order chi connectivity index (χ1) is 8.25. The number of aliphatic hydroxyl groups is 2. The Morgan fingerprint density at radius 3 is 2.82 bits per heavy atom. The first kappa shape index (κ1) is 10.8. The predicted octanol–water partition coefficient (Wildman–Crippen LogP) is 2.33. The van der Waals surface area contributed by atoms with Gasteiger partial charge in [0.05, 0.1) is 11.5 Å². The molecule has 0 fully saturated rings. The van der Waals surface area contributed by atoms with Crippen LogP contribution in [0.4, 0.5) is 0 Å². The molecule has 3 nitrogen and oxygen atoms in total. The molecule has 0 atom stereocenters. The fourth-order valence-electron chi connectivity index (χ4n) is 2.05. The summed E-state index contributed by atoms with van der Waals surface area (Å²) in [5.41, 5.74) is 2.26. The van der Waals surface area contributed by atoms with Crippen molar-refractivity contribution in [1.29, 1.82) is 0 Å². The van der Waals surface area contributed by atoms with Crippen molar-refractivity contribution in [3.05, 3.63) is 40.8 Å². The van der Waals surface area contributed by atoms with E-state index in [1.807, 2.05) is 18.2 Å². The van der Waals surface area contributed by atoms with Gasteiger partial charge in [-0.25, -0.2) is 0 Å². The first-order valence-electron chi connectivity index (χ1n) is 5.46. The second-order valence-corrected chi connectivity index (χ2v) is 5.08. The third kappa shape index (κ3) is 1.84. The minimum absolute atomic E-state index is 0.551. The Labute approximate surface area is 103 Å². The summed E-state index contributed by atoms with van der Waals surface area (Å²) in [4.78, 5) is 1.56. The molecule has 2 heterocycles. The highest BCUT2D eigenvalue weighted by molar-refractivity contribution is 7.15. The molecule has 0 saturated heterocycles. The average molecular weight is 248 g/mol. The van der Waals surface area contributed by atoms with Gasteiger partial charge in [-0.3, -0.25) is 0 Å². The van der Waals surface area contributed by atoms with Crippen molar-refractivity contribution in [1.82, 2.24) is 0 Å².